The summed E-state index contributed by atoms with van der Waals surface area (Å²) in [6.07, 6.45) is 1.92. The number of rotatable bonds is 5. The van der Waals surface area contributed by atoms with Crippen molar-refractivity contribution in [2.75, 3.05) is 17.2 Å². The summed E-state index contributed by atoms with van der Waals surface area (Å²) >= 11 is 3.42. The maximum Gasteiger partial charge on any atom is 0.135 e. The lowest BCUT2D eigenvalue weighted by Gasteiger charge is -2.08. The number of halogens is 1. The number of hydrogen-bond acceptors (Lipinski definition) is 5. The number of hydrogen-bond donors (Lipinski definition) is 2. The highest BCUT2D eigenvalue weighted by Gasteiger charge is 1.99. The monoisotopic (exact) mass is 317 g/mol. The van der Waals surface area contributed by atoms with Crippen LogP contribution in [0.4, 0.5) is 17.3 Å². The van der Waals surface area contributed by atoms with Crippen LogP contribution in [0.15, 0.2) is 41.1 Å². The van der Waals surface area contributed by atoms with Crippen molar-refractivity contribution < 1.29 is 0 Å². The van der Waals surface area contributed by atoms with Crippen molar-refractivity contribution in [2.24, 2.45) is 0 Å². The Balaban J connectivity index is 2.04. The van der Waals surface area contributed by atoms with Crippen LogP contribution in [0.1, 0.15) is 6.42 Å². The smallest absolute Gasteiger partial charge is 0.135 e. The van der Waals surface area contributed by atoms with Gasteiger partial charge in [0, 0.05) is 22.8 Å². The van der Waals surface area contributed by atoms with Crippen LogP contribution >= 0.6 is 15.9 Å². The zero-order chi connectivity index (χ0) is 13.5. The summed E-state index contributed by atoms with van der Waals surface area (Å²) in [5, 5.41) is 14.7. The van der Waals surface area contributed by atoms with Gasteiger partial charge in [-0.05, 0) is 18.2 Å². The molecule has 5 nitrogen and oxygen atoms in total. The van der Waals surface area contributed by atoms with Crippen molar-refractivity contribution >= 4 is 33.3 Å². The van der Waals surface area contributed by atoms with Crippen molar-refractivity contribution in [1.29, 1.82) is 5.26 Å². The summed E-state index contributed by atoms with van der Waals surface area (Å²) in [6.45, 7) is 0.573. The average molecular weight is 318 g/mol. The minimum atomic E-state index is 0.443. The molecule has 0 amide bonds. The SMILES string of the molecule is N#CCCNc1cc(Nc2cccc(Br)c2)ncn1. The van der Waals surface area contributed by atoms with Gasteiger partial charge >= 0.3 is 0 Å². The maximum absolute atomic E-state index is 8.48. The van der Waals surface area contributed by atoms with Gasteiger partial charge in [-0.1, -0.05) is 22.0 Å². The third-order valence-electron chi connectivity index (χ3n) is 2.31. The fourth-order valence-electron chi connectivity index (χ4n) is 1.48. The molecule has 1 aromatic heterocycles. The summed E-state index contributed by atoms with van der Waals surface area (Å²) in [7, 11) is 0. The number of anilines is 3. The fraction of sp³-hybridized carbons (Fsp3) is 0.154. The van der Waals surface area contributed by atoms with Crippen LogP contribution in [0.5, 0.6) is 0 Å². The van der Waals surface area contributed by atoms with Crippen molar-refractivity contribution in [3.8, 4) is 6.07 Å². The first kappa shape index (κ1) is 13.3. The van der Waals surface area contributed by atoms with E-state index in [0.29, 0.717) is 24.6 Å². The van der Waals surface area contributed by atoms with Gasteiger partial charge in [0.1, 0.15) is 18.0 Å². The highest BCUT2D eigenvalue weighted by molar-refractivity contribution is 9.10. The first-order chi connectivity index (χ1) is 9.28. The Labute approximate surface area is 119 Å². The molecule has 0 unspecified atom stereocenters. The Morgan fingerprint density at radius 3 is 2.84 bits per heavy atom. The minimum absolute atomic E-state index is 0.443. The van der Waals surface area contributed by atoms with Gasteiger partial charge < -0.3 is 10.6 Å². The molecule has 96 valence electrons. The number of nitrogens with zero attached hydrogens (tertiary/aromatic N) is 3. The zero-order valence-corrected chi connectivity index (χ0v) is 11.7. The third-order valence-corrected chi connectivity index (χ3v) is 2.80. The van der Waals surface area contributed by atoms with Gasteiger partial charge in [0.2, 0.25) is 0 Å². The van der Waals surface area contributed by atoms with Gasteiger partial charge in [-0.25, -0.2) is 9.97 Å². The molecule has 0 aliphatic carbocycles. The molecule has 0 spiro atoms. The fourth-order valence-corrected chi connectivity index (χ4v) is 1.88. The summed E-state index contributed by atoms with van der Waals surface area (Å²) < 4.78 is 0.999. The van der Waals surface area contributed by atoms with Gasteiger partial charge in [0.15, 0.2) is 0 Å². The van der Waals surface area contributed by atoms with E-state index in [4.69, 9.17) is 5.26 Å². The molecular weight excluding hydrogens is 306 g/mol. The minimum Gasteiger partial charge on any atom is -0.369 e. The second kappa shape index (κ2) is 6.71. The quantitative estimate of drug-likeness (QED) is 0.828. The van der Waals surface area contributed by atoms with Gasteiger partial charge in [0.05, 0.1) is 12.5 Å². The van der Waals surface area contributed by atoms with Crippen LogP contribution < -0.4 is 10.6 Å². The molecule has 2 rings (SSSR count). The number of aromatic nitrogens is 2. The number of benzene rings is 1. The first-order valence-corrected chi connectivity index (χ1v) is 6.53. The van der Waals surface area contributed by atoms with Crippen LogP contribution in [0.3, 0.4) is 0 Å². The summed E-state index contributed by atoms with van der Waals surface area (Å²) in [5.74, 6) is 1.40. The Hall–Kier alpha value is -2.13. The molecule has 2 aromatic rings. The van der Waals surface area contributed by atoms with Crippen molar-refractivity contribution in [2.45, 2.75) is 6.42 Å². The highest BCUT2D eigenvalue weighted by atomic mass is 79.9. The molecule has 0 aliphatic rings. The van der Waals surface area contributed by atoms with Crippen LogP contribution in [0.2, 0.25) is 0 Å². The van der Waals surface area contributed by atoms with Crippen molar-refractivity contribution in [3.63, 3.8) is 0 Å². The number of nitriles is 1. The zero-order valence-electron chi connectivity index (χ0n) is 10.1. The van der Waals surface area contributed by atoms with Crippen LogP contribution in [0, 0.1) is 11.3 Å². The lowest BCUT2D eigenvalue weighted by Crippen LogP contribution is -2.03. The molecule has 0 atom stereocenters. The van der Waals surface area contributed by atoms with E-state index >= 15 is 0 Å². The molecule has 19 heavy (non-hydrogen) atoms. The summed E-state index contributed by atoms with van der Waals surface area (Å²) in [4.78, 5) is 8.24. The van der Waals surface area contributed by atoms with Gasteiger partial charge in [-0.2, -0.15) is 5.26 Å². The predicted molar refractivity (Wildman–Crippen MR) is 78.2 cm³/mol. The Kier molecular flexibility index (Phi) is 4.70. The molecule has 0 saturated heterocycles. The molecule has 1 aromatic carbocycles. The van der Waals surface area contributed by atoms with E-state index in [-0.39, 0.29) is 0 Å². The summed E-state index contributed by atoms with van der Waals surface area (Å²) in [5.41, 5.74) is 0.941. The molecular formula is C13H12BrN5. The molecule has 6 heteroatoms. The topological polar surface area (TPSA) is 73.6 Å². The lowest BCUT2D eigenvalue weighted by molar-refractivity contribution is 1.04. The Morgan fingerprint density at radius 1 is 1.21 bits per heavy atom. The largest absolute Gasteiger partial charge is 0.369 e. The molecule has 0 saturated carbocycles. The van der Waals surface area contributed by atoms with Crippen LogP contribution in [0.25, 0.3) is 0 Å². The van der Waals surface area contributed by atoms with Gasteiger partial charge in [-0.15, -0.1) is 0 Å². The first-order valence-electron chi connectivity index (χ1n) is 5.73. The molecule has 1 heterocycles. The van der Waals surface area contributed by atoms with E-state index in [1.807, 2.05) is 24.3 Å². The van der Waals surface area contributed by atoms with Gasteiger partial charge in [0.25, 0.3) is 0 Å². The molecule has 2 N–H and O–H groups in total. The predicted octanol–water partition coefficient (Wildman–Crippen LogP) is 3.31. The van der Waals surface area contributed by atoms with Crippen molar-refractivity contribution in [3.05, 3.63) is 41.1 Å². The maximum atomic E-state index is 8.48. The van der Waals surface area contributed by atoms with E-state index in [1.165, 1.54) is 6.33 Å². The average Bonchev–Trinajstić information content (AvgIpc) is 2.39. The van der Waals surface area contributed by atoms with E-state index < -0.39 is 0 Å². The second-order valence-corrected chi connectivity index (χ2v) is 4.67. The van der Waals surface area contributed by atoms with E-state index in [9.17, 15) is 0 Å². The van der Waals surface area contributed by atoms with Crippen LogP contribution in [-0.4, -0.2) is 16.5 Å². The highest BCUT2D eigenvalue weighted by Crippen LogP contribution is 2.20. The number of nitrogens with one attached hydrogen (secondary N) is 2. The van der Waals surface area contributed by atoms with Gasteiger partial charge in [-0.3, -0.25) is 0 Å². The normalized spacial score (nSPS) is 9.68. The summed E-state index contributed by atoms with van der Waals surface area (Å²) in [6, 6.07) is 11.7. The third kappa shape index (κ3) is 4.23. The Bertz CT molecular complexity index is 594. The van der Waals surface area contributed by atoms with E-state index in [1.54, 1.807) is 6.07 Å². The van der Waals surface area contributed by atoms with Crippen molar-refractivity contribution in [1.82, 2.24) is 9.97 Å². The standard InChI is InChI=1S/C13H12BrN5/c14-10-3-1-4-11(7-10)19-13-8-12(17-9-18-13)16-6-2-5-15/h1,3-4,7-9H,2,6H2,(H2,16,17,18,19). The van der Waals surface area contributed by atoms with E-state index in [2.05, 4.69) is 42.6 Å². The molecule has 0 aliphatic heterocycles. The molecule has 0 radical (unpaired) electrons. The molecule has 0 fully saturated rings. The van der Waals surface area contributed by atoms with E-state index in [0.717, 1.165) is 10.2 Å². The van der Waals surface area contributed by atoms with Crippen LogP contribution in [-0.2, 0) is 0 Å². The lowest BCUT2D eigenvalue weighted by atomic mass is 10.3. The Morgan fingerprint density at radius 2 is 2.05 bits per heavy atom. The molecule has 0 bridgehead atoms. The second-order valence-electron chi connectivity index (χ2n) is 3.76.